The normalized spacial score (nSPS) is 14.0. The van der Waals surface area contributed by atoms with Gasteiger partial charge in [-0.05, 0) is 66.6 Å². The third-order valence-electron chi connectivity index (χ3n) is 6.47. The number of halogens is 5. The Morgan fingerprint density at radius 3 is 2.37 bits per heavy atom. The van der Waals surface area contributed by atoms with E-state index < -0.39 is 46.6 Å². The van der Waals surface area contributed by atoms with Crippen molar-refractivity contribution >= 4 is 34.7 Å². The average molecular weight is 567 g/mol. The first-order valence-electron chi connectivity index (χ1n) is 11.9. The monoisotopic (exact) mass is 567 g/mol. The number of carbonyl (C=O) groups excluding carboxylic acids is 1. The zero-order valence-electron chi connectivity index (χ0n) is 20.9. The number of nitrogens with one attached hydrogen (secondary N) is 1. The highest BCUT2D eigenvalue weighted by Gasteiger charge is 2.39. The molecule has 0 spiro atoms. The summed E-state index contributed by atoms with van der Waals surface area (Å²) in [5.41, 5.74) is 0.933. The minimum Gasteiger partial charge on any atom is -0.505 e. The van der Waals surface area contributed by atoms with Crippen LogP contribution in [0.1, 0.15) is 27.0 Å². The number of aryl methyl sites for hydroxylation is 1. The molecule has 3 N–H and O–H groups in total. The Morgan fingerprint density at radius 1 is 0.927 bits per heavy atom. The van der Waals surface area contributed by atoms with E-state index in [2.05, 4.69) is 10.5 Å². The molecular weight excluding hydrogens is 549 g/mol. The number of benzene rings is 4. The Balaban J connectivity index is 1.57. The molecular formula is C29H18F5N3O4. The number of phenolic OH excluding ortho intramolecular Hbond substituents is 1. The first-order chi connectivity index (χ1) is 19.4. The summed E-state index contributed by atoms with van der Waals surface area (Å²) in [4.78, 5) is 25.7. The molecule has 0 fully saturated rings. The minimum atomic E-state index is -4.71. The van der Waals surface area contributed by atoms with Crippen molar-refractivity contribution in [1.82, 2.24) is 0 Å². The Labute approximate surface area is 228 Å². The van der Waals surface area contributed by atoms with E-state index in [1.54, 1.807) is 0 Å². The van der Waals surface area contributed by atoms with Crippen LogP contribution in [0.15, 0.2) is 77.9 Å². The van der Waals surface area contributed by atoms with E-state index in [0.717, 1.165) is 41.3 Å². The number of hydrogen-bond acceptors (Lipinski definition) is 5. The third-order valence-corrected chi connectivity index (χ3v) is 6.47. The van der Waals surface area contributed by atoms with Gasteiger partial charge in [0.1, 0.15) is 17.4 Å². The van der Waals surface area contributed by atoms with Gasteiger partial charge in [-0.1, -0.05) is 24.3 Å². The summed E-state index contributed by atoms with van der Waals surface area (Å²) in [5.74, 6) is -4.41. The van der Waals surface area contributed by atoms with E-state index >= 15 is 0 Å². The predicted octanol–water partition coefficient (Wildman–Crippen LogP) is 6.86. The minimum absolute atomic E-state index is 0.0146. The molecule has 1 amide bonds. The second-order valence-corrected chi connectivity index (χ2v) is 9.08. The van der Waals surface area contributed by atoms with Crippen LogP contribution in [0.3, 0.4) is 0 Å². The van der Waals surface area contributed by atoms with Gasteiger partial charge in [-0.15, -0.1) is 0 Å². The number of aromatic hydroxyl groups is 1. The molecule has 0 saturated heterocycles. The number of aromatic carboxylic acids is 1. The Hall–Kier alpha value is -5.26. The molecule has 0 radical (unpaired) electrons. The van der Waals surface area contributed by atoms with Gasteiger partial charge in [-0.25, -0.2) is 13.6 Å². The SMILES string of the molecule is Cc1ccc(N2C(=O)/C(=N\Nc3cccc(-c4ccc(F)c(C(=O)O)c4)c3O)c3ccc(C(F)(F)F)cc32)cc1F. The fourth-order valence-corrected chi connectivity index (χ4v) is 4.35. The van der Waals surface area contributed by atoms with Crippen molar-refractivity contribution in [3.05, 3.63) is 107 Å². The molecule has 208 valence electrons. The molecule has 7 nitrogen and oxygen atoms in total. The maximum Gasteiger partial charge on any atom is 0.416 e. The number of hydrogen-bond donors (Lipinski definition) is 3. The van der Waals surface area contributed by atoms with E-state index in [0.29, 0.717) is 0 Å². The number of nitrogens with zero attached hydrogens (tertiary/aromatic N) is 2. The molecule has 4 aromatic carbocycles. The molecule has 0 unspecified atom stereocenters. The van der Waals surface area contributed by atoms with Gasteiger partial charge in [0.15, 0.2) is 5.71 Å². The summed E-state index contributed by atoms with van der Waals surface area (Å²) >= 11 is 0. The number of carbonyl (C=O) groups is 2. The smallest absolute Gasteiger partial charge is 0.416 e. The maximum atomic E-state index is 14.3. The summed E-state index contributed by atoms with van der Waals surface area (Å²) in [7, 11) is 0. The summed E-state index contributed by atoms with van der Waals surface area (Å²) in [6.45, 7) is 1.49. The van der Waals surface area contributed by atoms with Crippen LogP contribution in [-0.4, -0.2) is 27.8 Å². The molecule has 1 heterocycles. The molecule has 5 rings (SSSR count). The number of phenols is 1. The number of rotatable bonds is 5. The van der Waals surface area contributed by atoms with Crippen molar-refractivity contribution in [3.8, 4) is 16.9 Å². The van der Waals surface area contributed by atoms with Crippen LogP contribution in [0.4, 0.5) is 39.0 Å². The van der Waals surface area contributed by atoms with Gasteiger partial charge in [0.2, 0.25) is 0 Å². The van der Waals surface area contributed by atoms with Crippen LogP contribution >= 0.6 is 0 Å². The Kier molecular flexibility index (Phi) is 6.69. The predicted molar refractivity (Wildman–Crippen MR) is 140 cm³/mol. The number of carboxylic acids is 1. The molecule has 0 bridgehead atoms. The van der Waals surface area contributed by atoms with E-state index in [4.69, 9.17) is 0 Å². The van der Waals surface area contributed by atoms with E-state index in [-0.39, 0.29) is 45.0 Å². The zero-order chi connectivity index (χ0) is 29.6. The van der Waals surface area contributed by atoms with Crippen molar-refractivity contribution in [3.63, 3.8) is 0 Å². The Morgan fingerprint density at radius 2 is 1.68 bits per heavy atom. The van der Waals surface area contributed by atoms with Crippen LogP contribution < -0.4 is 10.3 Å². The van der Waals surface area contributed by atoms with Crippen molar-refractivity contribution in [2.75, 3.05) is 10.3 Å². The van der Waals surface area contributed by atoms with Crippen LogP contribution in [-0.2, 0) is 11.0 Å². The van der Waals surface area contributed by atoms with Gasteiger partial charge < -0.3 is 10.2 Å². The number of hydrazone groups is 1. The Bertz CT molecular complexity index is 1770. The highest BCUT2D eigenvalue weighted by atomic mass is 19.4. The van der Waals surface area contributed by atoms with Crippen LogP contribution in [0.25, 0.3) is 11.1 Å². The highest BCUT2D eigenvalue weighted by Crippen LogP contribution is 2.41. The van der Waals surface area contributed by atoms with Crippen LogP contribution in [0.5, 0.6) is 5.75 Å². The van der Waals surface area contributed by atoms with Gasteiger partial charge >= 0.3 is 12.1 Å². The quantitative estimate of drug-likeness (QED) is 0.139. The lowest BCUT2D eigenvalue weighted by atomic mass is 10.0. The van der Waals surface area contributed by atoms with Crippen LogP contribution in [0.2, 0.25) is 0 Å². The number of alkyl halides is 3. The number of amides is 1. The summed E-state index contributed by atoms with van der Waals surface area (Å²) in [6, 6.07) is 13.9. The standard InChI is InChI=1S/C29H18F5N3O4/c1-14-5-8-17(13-22(14)31)37-24-12-16(29(32,33)34)7-9-19(24)25(27(37)39)36-35-23-4-2-3-18(26(23)38)15-6-10-21(30)20(11-15)28(40)41/h2-13,35,38H,1H3,(H,40,41)/b36-25-. The molecule has 12 heteroatoms. The van der Waals surface area contributed by atoms with Crippen molar-refractivity contribution < 1.29 is 41.8 Å². The molecule has 41 heavy (non-hydrogen) atoms. The molecule has 0 aromatic heterocycles. The lowest BCUT2D eigenvalue weighted by Crippen LogP contribution is -2.26. The highest BCUT2D eigenvalue weighted by molar-refractivity contribution is 6.55. The molecule has 4 aromatic rings. The van der Waals surface area contributed by atoms with Gasteiger partial charge in [-0.3, -0.25) is 15.1 Å². The number of carboxylic acid groups (broad SMARTS) is 1. The van der Waals surface area contributed by atoms with Gasteiger partial charge in [0.25, 0.3) is 5.91 Å². The largest absolute Gasteiger partial charge is 0.505 e. The second kappa shape index (κ2) is 10.0. The van der Waals surface area contributed by atoms with Crippen molar-refractivity contribution in [1.29, 1.82) is 0 Å². The van der Waals surface area contributed by atoms with Crippen LogP contribution in [0, 0.1) is 18.6 Å². The van der Waals surface area contributed by atoms with E-state index in [9.17, 15) is 41.8 Å². The lowest BCUT2D eigenvalue weighted by molar-refractivity contribution is -0.137. The fourth-order valence-electron chi connectivity index (χ4n) is 4.35. The second-order valence-electron chi connectivity index (χ2n) is 9.08. The first-order valence-corrected chi connectivity index (χ1v) is 11.9. The number of para-hydroxylation sites is 1. The molecule has 0 saturated carbocycles. The lowest BCUT2D eigenvalue weighted by Gasteiger charge is -2.18. The van der Waals surface area contributed by atoms with Gasteiger partial charge in [-0.2, -0.15) is 18.3 Å². The fraction of sp³-hybridized carbons (Fsp3) is 0.0690. The topological polar surface area (TPSA) is 102 Å². The summed E-state index contributed by atoms with van der Waals surface area (Å²) < 4.78 is 68.7. The number of fused-ring (bicyclic) bond motifs is 1. The first kappa shape index (κ1) is 27.3. The van der Waals surface area contributed by atoms with Crippen molar-refractivity contribution in [2.24, 2.45) is 5.10 Å². The van der Waals surface area contributed by atoms with E-state index in [1.807, 2.05) is 0 Å². The van der Waals surface area contributed by atoms with Gasteiger partial charge in [0.05, 0.1) is 28.2 Å². The molecule has 0 atom stereocenters. The van der Waals surface area contributed by atoms with Crippen molar-refractivity contribution in [2.45, 2.75) is 13.1 Å². The zero-order valence-corrected chi connectivity index (χ0v) is 20.9. The summed E-state index contributed by atoms with van der Waals surface area (Å²) in [6.07, 6.45) is -4.71. The third kappa shape index (κ3) is 4.95. The molecule has 1 aliphatic heterocycles. The average Bonchev–Trinajstić information content (AvgIpc) is 3.19. The molecule has 1 aliphatic rings. The van der Waals surface area contributed by atoms with E-state index in [1.165, 1.54) is 43.3 Å². The van der Waals surface area contributed by atoms with Gasteiger partial charge in [0, 0.05) is 11.1 Å². The summed E-state index contributed by atoms with van der Waals surface area (Å²) in [5, 5.41) is 24.1. The maximum absolute atomic E-state index is 14.3. The number of anilines is 3. The molecule has 0 aliphatic carbocycles.